The van der Waals surface area contributed by atoms with E-state index in [1.54, 1.807) is 0 Å². The molecule has 126 valence electrons. The van der Waals surface area contributed by atoms with E-state index < -0.39 is 0 Å². The fraction of sp³-hybridized carbons (Fsp3) is 1.00. The van der Waals surface area contributed by atoms with Gasteiger partial charge in [-0.2, -0.15) is 0 Å². The molecule has 2 atom stereocenters. The Morgan fingerprint density at radius 1 is 0.810 bits per heavy atom. The molecular weight excluding hydrogens is 268 g/mol. The zero-order valence-corrected chi connectivity index (χ0v) is 13.5. The van der Waals surface area contributed by atoms with Gasteiger partial charge in [0, 0.05) is 45.8 Å². The Kier molecular flexibility index (Phi) is 12.0. The van der Waals surface area contributed by atoms with E-state index in [0.717, 1.165) is 58.7 Å². The van der Waals surface area contributed by atoms with Crippen molar-refractivity contribution in [1.29, 1.82) is 0 Å². The average molecular weight is 302 g/mol. The third-order valence-corrected chi connectivity index (χ3v) is 3.61. The minimum Gasteiger partial charge on any atom is -0.395 e. The van der Waals surface area contributed by atoms with Crippen LogP contribution >= 0.6 is 0 Å². The highest BCUT2D eigenvalue weighted by Gasteiger charge is 2.24. The summed E-state index contributed by atoms with van der Waals surface area (Å²) >= 11 is 0. The van der Waals surface area contributed by atoms with Gasteiger partial charge in [0.15, 0.2) is 0 Å². The molecule has 0 bridgehead atoms. The molecule has 0 aromatic carbocycles. The first-order chi connectivity index (χ1) is 10.4. The molecule has 5 N–H and O–H groups in total. The van der Waals surface area contributed by atoms with Crippen LogP contribution in [0, 0.1) is 0 Å². The highest BCUT2D eigenvalue weighted by Crippen LogP contribution is 2.18. The largest absolute Gasteiger partial charge is 0.395 e. The summed E-state index contributed by atoms with van der Waals surface area (Å²) in [7, 11) is 0. The van der Waals surface area contributed by atoms with Crippen molar-refractivity contribution in [3.8, 4) is 0 Å². The summed E-state index contributed by atoms with van der Waals surface area (Å²) in [5.74, 6) is 0. The minimum absolute atomic E-state index is 0.203. The van der Waals surface area contributed by atoms with Crippen molar-refractivity contribution in [1.82, 2.24) is 21.3 Å². The number of aliphatic hydroxyl groups excluding tert-OH is 1. The molecule has 1 aliphatic heterocycles. The maximum absolute atomic E-state index is 8.64. The zero-order valence-electron chi connectivity index (χ0n) is 13.5. The molecule has 0 aromatic heterocycles. The van der Waals surface area contributed by atoms with Gasteiger partial charge < -0.3 is 31.1 Å². The van der Waals surface area contributed by atoms with Crippen LogP contribution in [0.1, 0.15) is 26.2 Å². The van der Waals surface area contributed by atoms with E-state index >= 15 is 0 Å². The van der Waals surface area contributed by atoms with Crippen LogP contribution in [0.3, 0.4) is 0 Å². The highest BCUT2D eigenvalue weighted by atomic mass is 16.5. The number of ether oxygens (including phenoxy) is 1. The Morgan fingerprint density at radius 2 is 1.33 bits per heavy atom. The van der Waals surface area contributed by atoms with Crippen molar-refractivity contribution < 1.29 is 9.84 Å². The number of nitrogens with one attached hydrogen (secondary N) is 4. The number of rotatable bonds is 14. The topological polar surface area (TPSA) is 77.6 Å². The summed E-state index contributed by atoms with van der Waals surface area (Å²) in [4.78, 5) is 0. The fourth-order valence-corrected chi connectivity index (χ4v) is 2.47. The highest BCUT2D eigenvalue weighted by molar-refractivity contribution is 4.77. The molecule has 1 heterocycles. The summed E-state index contributed by atoms with van der Waals surface area (Å²) in [6, 6.07) is 0. The van der Waals surface area contributed by atoms with Crippen molar-refractivity contribution >= 4 is 0 Å². The quantitative estimate of drug-likeness (QED) is 0.273. The van der Waals surface area contributed by atoms with Gasteiger partial charge in [-0.15, -0.1) is 0 Å². The lowest BCUT2D eigenvalue weighted by atomic mass is 10.2. The summed E-state index contributed by atoms with van der Waals surface area (Å²) in [6.07, 6.45) is 4.22. The third kappa shape index (κ3) is 10.2. The van der Waals surface area contributed by atoms with Gasteiger partial charge in [0.2, 0.25) is 0 Å². The van der Waals surface area contributed by atoms with Crippen LogP contribution in [0.15, 0.2) is 0 Å². The maximum atomic E-state index is 8.64. The molecule has 0 saturated carbocycles. The van der Waals surface area contributed by atoms with E-state index in [1.807, 2.05) is 0 Å². The molecule has 1 aliphatic rings. The number of aliphatic hydroxyl groups is 1. The summed E-state index contributed by atoms with van der Waals surface area (Å²) in [6.45, 7) is 9.90. The number of hydrogen-bond donors (Lipinski definition) is 5. The van der Waals surface area contributed by atoms with Crippen LogP contribution in [0.4, 0.5) is 0 Å². The molecule has 1 rings (SSSR count). The predicted octanol–water partition coefficient (Wildman–Crippen LogP) is -0.705. The van der Waals surface area contributed by atoms with Crippen LogP contribution in [0.5, 0.6) is 0 Å². The lowest BCUT2D eigenvalue weighted by molar-refractivity contribution is 0.0460. The van der Waals surface area contributed by atoms with Crippen LogP contribution in [0.25, 0.3) is 0 Å². The third-order valence-electron chi connectivity index (χ3n) is 3.61. The smallest absolute Gasteiger partial charge is 0.0704 e. The van der Waals surface area contributed by atoms with Crippen LogP contribution in [-0.2, 0) is 4.74 Å². The molecule has 0 radical (unpaired) electrons. The molecule has 6 nitrogen and oxygen atoms in total. The molecule has 0 aromatic rings. The predicted molar refractivity (Wildman–Crippen MR) is 86.8 cm³/mol. The van der Waals surface area contributed by atoms with Crippen molar-refractivity contribution in [2.24, 2.45) is 0 Å². The van der Waals surface area contributed by atoms with E-state index in [-0.39, 0.29) is 6.61 Å². The molecule has 21 heavy (non-hydrogen) atoms. The van der Waals surface area contributed by atoms with Crippen molar-refractivity contribution in [3.63, 3.8) is 0 Å². The van der Waals surface area contributed by atoms with E-state index in [1.165, 1.54) is 6.42 Å². The summed E-state index contributed by atoms with van der Waals surface area (Å²) in [5, 5.41) is 22.0. The van der Waals surface area contributed by atoms with Crippen molar-refractivity contribution in [3.05, 3.63) is 0 Å². The van der Waals surface area contributed by atoms with Crippen molar-refractivity contribution in [2.75, 3.05) is 59.0 Å². The van der Waals surface area contributed by atoms with Crippen molar-refractivity contribution in [2.45, 2.75) is 38.4 Å². The molecule has 0 amide bonds. The summed E-state index contributed by atoms with van der Waals surface area (Å²) < 4.78 is 6.01. The lowest BCUT2D eigenvalue weighted by Gasteiger charge is -2.15. The average Bonchev–Trinajstić information content (AvgIpc) is 2.94. The van der Waals surface area contributed by atoms with Gasteiger partial charge in [0.25, 0.3) is 0 Å². The molecule has 1 fully saturated rings. The number of hydrogen-bond acceptors (Lipinski definition) is 6. The molecular formula is C15H34N4O2. The van der Waals surface area contributed by atoms with E-state index in [9.17, 15) is 0 Å². The fourth-order valence-electron chi connectivity index (χ4n) is 2.47. The summed E-state index contributed by atoms with van der Waals surface area (Å²) in [5.41, 5.74) is 0. The SMILES string of the molecule is CCCNCCNC[C@H]1CC[C@@H](CNCCNCCO)O1. The Bertz CT molecular complexity index is 210. The van der Waals surface area contributed by atoms with Gasteiger partial charge in [-0.1, -0.05) is 6.92 Å². The molecule has 0 unspecified atom stereocenters. The first-order valence-corrected chi connectivity index (χ1v) is 8.46. The normalized spacial score (nSPS) is 22.0. The second-order valence-electron chi connectivity index (χ2n) is 5.59. The van der Waals surface area contributed by atoms with Gasteiger partial charge in [-0.05, 0) is 25.8 Å². The van der Waals surface area contributed by atoms with E-state index in [0.29, 0.717) is 18.8 Å². The molecule has 1 saturated heterocycles. The van der Waals surface area contributed by atoms with E-state index in [2.05, 4.69) is 28.2 Å². The molecule has 0 aliphatic carbocycles. The second kappa shape index (κ2) is 13.4. The van der Waals surface area contributed by atoms with Gasteiger partial charge in [0.1, 0.15) is 0 Å². The molecule has 0 spiro atoms. The van der Waals surface area contributed by atoms with E-state index in [4.69, 9.17) is 9.84 Å². The first kappa shape index (κ1) is 18.8. The van der Waals surface area contributed by atoms with Gasteiger partial charge >= 0.3 is 0 Å². The minimum atomic E-state index is 0.203. The van der Waals surface area contributed by atoms with Crippen LogP contribution < -0.4 is 21.3 Å². The lowest BCUT2D eigenvalue weighted by Crippen LogP contribution is -2.35. The Hall–Kier alpha value is -0.240. The van der Waals surface area contributed by atoms with Crippen LogP contribution in [0.2, 0.25) is 0 Å². The maximum Gasteiger partial charge on any atom is 0.0704 e. The van der Waals surface area contributed by atoms with Crippen LogP contribution in [-0.4, -0.2) is 76.3 Å². The Labute approximate surface area is 129 Å². The Balaban J connectivity index is 1.88. The standard InChI is InChI=1S/C15H34N4O2/c1-2-5-16-6-8-18-12-14-3-4-15(21-14)13-19-9-7-17-10-11-20/h14-20H,2-13H2,1H3/t14-,15+/m1/s1. The van der Waals surface area contributed by atoms with Gasteiger partial charge in [-0.25, -0.2) is 0 Å². The second-order valence-corrected chi connectivity index (χ2v) is 5.59. The molecule has 6 heteroatoms. The first-order valence-electron chi connectivity index (χ1n) is 8.46. The zero-order chi connectivity index (χ0) is 15.2. The van der Waals surface area contributed by atoms with Gasteiger partial charge in [-0.3, -0.25) is 0 Å². The Morgan fingerprint density at radius 3 is 1.86 bits per heavy atom. The monoisotopic (exact) mass is 302 g/mol. The van der Waals surface area contributed by atoms with Gasteiger partial charge in [0.05, 0.1) is 18.8 Å².